The number of nitriles is 1. The molecule has 0 unspecified atom stereocenters. The largest absolute Gasteiger partial charge is 0.383 e. The zero-order valence-corrected chi connectivity index (χ0v) is 14.2. The minimum Gasteiger partial charge on any atom is -0.383 e. The minimum atomic E-state index is -0.255. The van der Waals surface area contributed by atoms with Crippen LogP contribution in [0.25, 0.3) is 11.3 Å². The third kappa shape index (κ3) is 3.26. The molecule has 128 valence electrons. The standard InChI is InChI=1S/C19H21N5O/c1-12-4-2-3-5-14(12)16-10-17(15(11-20)18(21)23-16)24-8-6-13(7-9-24)19(22)25/h2-5,10,13H,6-9H2,1H3,(H2,21,23)(H2,22,25). The molecule has 1 saturated heterocycles. The van der Waals surface area contributed by atoms with Crippen LogP contribution >= 0.6 is 0 Å². The lowest BCUT2D eigenvalue weighted by Gasteiger charge is -2.33. The molecule has 1 amide bonds. The highest BCUT2D eigenvalue weighted by atomic mass is 16.1. The van der Waals surface area contributed by atoms with Gasteiger partial charge in [-0.3, -0.25) is 4.79 Å². The second-order valence-electron chi connectivity index (χ2n) is 6.38. The molecule has 4 N–H and O–H groups in total. The Labute approximate surface area is 147 Å². The van der Waals surface area contributed by atoms with E-state index in [-0.39, 0.29) is 17.6 Å². The first kappa shape index (κ1) is 16.8. The van der Waals surface area contributed by atoms with Crippen molar-refractivity contribution in [1.29, 1.82) is 5.26 Å². The van der Waals surface area contributed by atoms with Gasteiger partial charge in [-0.25, -0.2) is 4.98 Å². The lowest BCUT2D eigenvalue weighted by Crippen LogP contribution is -2.39. The Balaban J connectivity index is 2.00. The molecule has 0 aliphatic carbocycles. The van der Waals surface area contributed by atoms with Crippen molar-refractivity contribution in [1.82, 2.24) is 4.98 Å². The molecule has 1 aliphatic heterocycles. The summed E-state index contributed by atoms with van der Waals surface area (Å²) in [4.78, 5) is 17.9. The van der Waals surface area contributed by atoms with Gasteiger partial charge in [0.25, 0.3) is 0 Å². The lowest BCUT2D eigenvalue weighted by molar-refractivity contribution is -0.122. The molecule has 0 radical (unpaired) electrons. The van der Waals surface area contributed by atoms with Crippen LogP contribution in [0.4, 0.5) is 11.5 Å². The number of carbonyl (C=O) groups is 1. The van der Waals surface area contributed by atoms with Crippen molar-refractivity contribution in [3.05, 3.63) is 41.5 Å². The smallest absolute Gasteiger partial charge is 0.220 e. The fourth-order valence-electron chi connectivity index (χ4n) is 3.32. The summed E-state index contributed by atoms with van der Waals surface area (Å²) >= 11 is 0. The molecule has 0 spiro atoms. The van der Waals surface area contributed by atoms with Crippen LogP contribution in [-0.4, -0.2) is 24.0 Å². The molecule has 0 atom stereocenters. The Morgan fingerprint density at radius 2 is 2.00 bits per heavy atom. The number of benzene rings is 1. The van der Waals surface area contributed by atoms with Gasteiger partial charge in [-0.2, -0.15) is 5.26 Å². The van der Waals surface area contributed by atoms with E-state index < -0.39 is 0 Å². The Bertz CT molecular complexity index is 847. The Morgan fingerprint density at radius 1 is 1.32 bits per heavy atom. The average Bonchev–Trinajstić information content (AvgIpc) is 2.61. The normalized spacial score (nSPS) is 15.0. The third-order valence-electron chi connectivity index (χ3n) is 4.80. The van der Waals surface area contributed by atoms with E-state index >= 15 is 0 Å². The Hall–Kier alpha value is -3.07. The van der Waals surface area contributed by atoms with Crippen molar-refractivity contribution >= 4 is 17.4 Å². The highest BCUT2D eigenvalue weighted by Crippen LogP contribution is 2.33. The molecule has 1 aromatic carbocycles. The molecule has 6 heteroatoms. The molecular formula is C19H21N5O. The summed E-state index contributed by atoms with van der Waals surface area (Å²) in [6.07, 6.45) is 1.37. The van der Waals surface area contributed by atoms with Gasteiger partial charge in [0.15, 0.2) is 0 Å². The minimum absolute atomic E-state index is 0.100. The number of pyridine rings is 1. The van der Waals surface area contributed by atoms with Crippen molar-refractivity contribution in [3.63, 3.8) is 0 Å². The van der Waals surface area contributed by atoms with Crippen molar-refractivity contribution in [2.75, 3.05) is 23.7 Å². The summed E-state index contributed by atoms with van der Waals surface area (Å²) in [6, 6.07) is 12.0. The second kappa shape index (κ2) is 6.81. The highest BCUT2D eigenvalue weighted by Gasteiger charge is 2.26. The highest BCUT2D eigenvalue weighted by molar-refractivity contribution is 5.78. The van der Waals surface area contributed by atoms with Crippen LogP contribution in [0.2, 0.25) is 0 Å². The quantitative estimate of drug-likeness (QED) is 0.894. The first-order valence-corrected chi connectivity index (χ1v) is 8.32. The molecule has 1 aromatic heterocycles. The van der Waals surface area contributed by atoms with Crippen molar-refractivity contribution in [3.8, 4) is 17.3 Å². The first-order chi connectivity index (χ1) is 12.0. The second-order valence-corrected chi connectivity index (χ2v) is 6.38. The molecule has 0 saturated carbocycles. The number of piperidine rings is 1. The monoisotopic (exact) mass is 335 g/mol. The van der Waals surface area contributed by atoms with E-state index in [2.05, 4.69) is 16.0 Å². The van der Waals surface area contributed by atoms with Crippen molar-refractivity contribution in [2.24, 2.45) is 11.7 Å². The fourth-order valence-corrected chi connectivity index (χ4v) is 3.32. The molecule has 3 rings (SSSR count). The van der Waals surface area contributed by atoms with Gasteiger partial charge in [-0.15, -0.1) is 0 Å². The van der Waals surface area contributed by atoms with Gasteiger partial charge in [0, 0.05) is 24.6 Å². The topological polar surface area (TPSA) is 109 Å². The van der Waals surface area contributed by atoms with Crippen LogP contribution in [0.1, 0.15) is 24.0 Å². The lowest BCUT2D eigenvalue weighted by atomic mass is 9.95. The number of nitrogens with two attached hydrogens (primary N) is 2. The van der Waals surface area contributed by atoms with E-state index in [1.54, 1.807) is 0 Å². The van der Waals surface area contributed by atoms with Gasteiger partial charge in [0.2, 0.25) is 5.91 Å². The summed E-state index contributed by atoms with van der Waals surface area (Å²) in [5.74, 6) is -0.123. The van der Waals surface area contributed by atoms with Crippen LogP contribution < -0.4 is 16.4 Å². The number of rotatable bonds is 3. The van der Waals surface area contributed by atoms with Crippen LogP contribution in [0.15, 0.2) is 30.3 Å². The molecule has 1 fully saturated rings. The molecule has 1 aliphatic rings. The van der Waals surface area contributed by atoms with Crippen LogP contribution in [0.3, 0.4) is 0 Å². The number of carbonyl (C=O) groups excluding carboxylic acids is 1. The number of nitrogens with zero attached hydrogens (tertiary/aromatic N) is 3. The van der Waals surface area contributed by atoms with E-state index in [0.717, 1.165) is 22.5 Å². The van der Waals surface area contributed by atoms with Gasteiger partial charge < -0.3 is 16.4 Å². The maximum Gasteiger partial charge on any atom is 0.220 e. The summed E-state index contributed by atoms with van der Waals surface area (Å²) in [5, 5.41) is 9.52. The number of aromatic nitrogens is 1. The number of primary amides is 1. The van der Waals surface area contributed by atoms with Crippen LogP contribution in [0, 0.1) is 24.2 Å². The van der Waals surface area contributed by atoms with Gasteiger partial charge in [-0.05, 0) is 31.4 Å². The Kier molecular flexibility index (Phi) is 4.57. The predicted octanol–water partition coefficient (Wildman–Crippen LogP) is 2.21. The van der Waals surface area contributed by atoms with Crippen molar-refractivity contribution < 1.29 is 4.79 Å². The SMILES string of the molecule is Cc1ccccc1-c1cc(N2CCC(C(N)=O)CC2)c(C#N)c(N)n1. The van der Waals surface area contributed by atoms with Crippen LogP contribution in [0.5, 0.6) is 0 Å². The van der Waals surface area contributed by atoms with Gasteiger partial charge in [0.1, 0.15) is 17.5 Å². The third-order valence-corrected chi connectivity index (χ3v) is 4.80. The van der Waals surface area contributed by atoms with Gasteiger partial charge in [0.05, 0.1) is 11.4 Å². The fraction of sp³-hybridized carbons (Fsp3) is 0.316. The Morgan fingerprint density at radius 3 is 2.60 bits per heavy atom. The zero-order valence-electron chi connectivity index (χ0n) is 14.2. The number of nitrogen functional groups attached to an aromatic ring is 1. The number of amides is 1. The zero-order chi connectivity index (χ0) is 18.0. The van der Waals surface area contributed by atoms with Gasteiger partial charge >= 0.3 is 0 Å². The van der Waals surface area contributed by atoms with E-state index in [9.17, 15) is 10.1 Å². The summed E-state index contributed by atoms with van der Waals surface area (Å²) in [5.41, 5.74) is 15.5. The molecule has 0 bridgehead atoms. The first-order valence-electron chi connectivity index (χ1n) is 8.32. The van der Waals surface area contributed by atoms with E-state index in [1.807, 2.05) is 37.3 Å². The number of anilines is 2. The predicted molar refractivity (Wildman–Crippen MR) is 97.7 cm³/mol. The summed E-state index contributed by atoms with van der Waals surface area (Å²) in [6.45, 7) is 3.35. The molecule has 25 heavy (non-hydrogen) atoms. The molecule has 2 aromatic rings. The number of hydrogen-bond donors (Lipinski definition) is 2. The molecule has 6 nitrogen and oxygen atoms in total. The maximum atomic E-state index is 11.4. The van der Waals surface area contributed by atoms with Crippen LogP contribution in [-0.2, 0) is 4.79 Å². The van der Waals surface area contributed by atoms with E-state index in [4.69, 9.17) is 11.5 Å². The van der Waals surface area contributed by atoms with Gasteiger partial charge in [-0.1, -0.05) is 24.3 Å². The molecular weight excluding hydrogens is 314 g/mol. The number of aryl methyl sites for hydroxylation is 1. The van der Waals surface area contributed by atoms with E-state index in [1.165, 1.54) is 0 Å². The van der Waals surface area contributed by atoms with E-state index in [0.29, 0.717) is 31.5 Å². The average molecular weight is 335 g/mol. The summed E-state index contributed by atoms with van der Waals surface area (Å²) in [7, 11) is 0. The number of hydrogen-bond acceptors (Lipinski definition) is 5. The summed E-state index contributed by atoms with van der Waals surface area (Å²) < 4.78 is 0. The molecule has 2 heterocycles. The van der Waals surface area contributed by atoms with Crippen molar-refractivity contribution in [2.45, 2.75) is 19.8 Å². The maximum absolute atomic E-state index is 11.4.